The van der Waals surface area contributed by atoms with Gasteiger partial charge in [0.1, 0.15) is 0 Å². The first-order valence-electron chi connectivity index (χ1n) is 8.05. The average Bonchev–Trinajstić information content (AvgIpc) is 2.53. The lowest BCUT2D eigenvalue weighted by molar-refractivity contribution is 0.0992. The number of aryl methyl sites for hydroxylation is 1. The van der Waals surface area contributed by atoms with E-state index in [1.807, 2.05) is 31.2 Å². The van der Waals surface area contributed by atoms with Gasteiger partial charge in [0.15, 0.2) is 5.78 Å². The second-order valence-corrected chi connectivity index (χ2v) is 8.31. The molecule has 4 unspecified atom stereocenters. The van der Waals surface area contributed by atoms with Crippen LogP contribution in [-0.4, -0.2) is 20.5 Å². The summed E-state index contributed by atoms with van der Waals surface area (Å²) in [6.45, 7) is 6.14. The van der Waals surface area contributed by atoms with Gasteiger partial charge in [-0.05, 0) is 37.7 Å². The molecule has 2 nitrogen and oxygen atoms in total. The van der Waals surface area contributed by atoms with Crippen molar-refractivity contribution in [2.75, 3.05) is 0 Å². The fourth-order valence-electron chi connectivity index (χ4n) is 3.12. The lowest BCUT2D eigenvalue weighted by Crippen LogP contribution is -2.33. The van der Waals surface area contributed by atoms with Gasteiger partial charge in [-0.2, -0.15) is 0 Å². The molecule has 0 amide bonds. The van der Waals surface area contributed by atoms with Gasteiger partial charge in [-0.1, -0.05) is 51.0 Å². The van der Waals surface area contributed by atoms with Crippen molar-refractivity contribution in [2.45, 2.75) is 63.4 Å². The Bertz CT molecular complexity index is 506. The summed E-state index contributed by atoms with van der Waals surface area (Å²) in [5, 5.41) is -0.199. The van der Waals surface area contributed by atoms with Gasteiger partial charge in [0.2, 0.25) is 0 Å². The highest BCUT2D eigenvalue weighted by Crippen LogP contribution is 2.29. The second-order valence-electron chi connectivity index (χ2n) is 6.28. The predicted octanol–water partition coefficient (Wildman–Crippen LogP) is 4.15. The van der Waals surface area contributed by atoms with Gasteiger partial charge < -0.3 is 0 Å². The Morgan fingerprint density at radius 3 is 2.52 bits per heavy atom. The first-order valence-corrected chi connectivity index (χ1v) is 9.33. The van der Waals surface area contributed by atoms with Crippen molar-refractivity contribution < 1.29 is 9.00 Å². The zero-order valence-corrected chi connectivity index (χ0v) is 14.1. The first-order chi connectivity index (χ1) is 10.0. The molecule has 2 rings (SSSR count). The summed E-state index contributed by atoms with van der Waals surface area (Å²) in [4.78, 5) is 12.5. The number of hydrogen-bond acceptors (Lipinski definition) is 2. The van der Waals surface area contributed by atoms with E-state index >= 15 is 0 Å². The van der Waals surface area contributed by atoms with E-state index in [9.17, 15) is 9.00 Å². The van der Waals surface area contributed by atoms with Gasteiger partial charge in [-0.3, -0.25) is 9.00 Å². The van der Waals surface area contributed by atoms with Crippen molar-refractivity contribution in [3.05, 3.63) is 35.4 Å². The third-order valence-electron chi connectivity index (χ3n) is 4.58. The van der Waals surface area contributed by atoms with Crippen LogP contribution in [0.5, 0.6) is 0 Å². The van der Waals surface area contributed by atoms with Gasteiger partial charge in [-0.25, -0.2) is 0 Å². The minimum Gasteiger partial charge on any atom is -0.293 e. The molecule has 1 fully saturated rings. The van der Waals surface area contributed by atoms with Crippen molar-refractivity contribution in [2.24, 2.45) is 5.92 Å². The standard InChI is InChI=1S/C18H26O2S/c1-4-15-8-10-16(11-9-15)18(19)14(3)21(20)17-7-5-6-13(2)12-17/h8-11,13-14,17H,4-7,12H2,1-3H3. The van der Waals surface area contributed by atoms with E-state index < -0.39 is 16.0 Å². The van der Waals surface area contributed by atoms with Crippen LogP contribution < -0.4 is 0 Å². The molecule has 0 heterocycles. The molecular weight excluding hydrogens is 280 g/mol. The minimum absolute atomic E-state index is 0.0224. The van der Waals surface area contributed by atoms with E-state index in [-0.39, 0.29) is 11.0 Å². The molecule has 1 aromatic carbocycles. The highest BCUT2D eigenvalue weighted by molar-refractivity contribution is 7.87. The van der Waals surface area contributed by atoms with Crippen LogP contribution in [0.15, 0.2) is 24.3 Å². The van der Waals surface area contributed by atoms with Gasteiger partial charge in [0.25, 0.3) is 0 Å². The summed E-state index contributed by atoms with van der Waals surface area (Å²) in [5.41, 5.74) is 1.92. The summed E-state index contributed by atoms with van der Waals surface area (Å²) in [6.07, 6.45) is 5.34. The quantitative estimate of drug-likeness (QED) is 0.766. The summed E-state index contributed by atoms with van der Waals surface area (Å²) >= 11 is 0. The lowest BCUT2D eigenvalue weighted by atomic mass is 9.90. The molecule has 0 aromatic heterocycles. The Morgan fingerprint density at radius 2 is 1.95 bits per heavy atom. The third-order valence-corrected chi connectivity index (χ3v) is 6.58. The topological polar surface area (TPSA) is 34.1 Å². The molecule has 0 aliphatic heterocycles. The maximum Gasteiger partial charge on any atom is 0.178 e. The smallest absolute Gasteiger partial charge is 0.178 e. The van der Waals surface area contributed by atoms with Crippen LogP contribution in [0.2, 0.25) is 0 Å². The maximum atomic E-state index is 12.7. The first kappa shape index (κ1) is 16.4. The van der Waals surface area contributed by atoms with Crippen LogP contribution in [0.4, 0.5) is 0 Å². The number of carbonyl (C=O) groups excluding carboxylic acids is 1. The Balaban J connectivity index is 2.05. The summed E-state index contributed by atoms with van der Waals surface area (Å²) in [6, 6.07) is 7.73. The number of rotatable bonds is 5. The number of hydrogen-bond donors (Lipinski definition) is 0. The zero-order valence-electron chi connectivity index (χ0n) is 13.3. The van der Waals surface area contributed by atoms with E-state index in [4.69, 9.17) is 0 Å². The molecule has 1 aliphatic rings. The van der Waals surface area contributed by atoms with Gasteiger partial charge in [0, 0.05) is 21.6 Å². The fourth-order valence-corrected chi connectivity index (χ4v) is 4.96. The van der Waals surface area contributed by atoms with Gasteiger partial charge >= 0.3 is 0 Å². The van der Waals surface area contributed by atoms with Crippen LogP contribution in [0.3, 0.4) is 0 Å². The van der Waals surface area contributed by atoms with Crippen LogP contribution in [0.25, 0.3) is 0 Å². The Morgan fingerprint density at radius 1 is 1.29 bits per heavy atom. The van der Waals surface area contributed by atoms with E-state index in [1.165, 1.54) is 12.0 Å². The summed E-state index contributed by atoms with van der Waals surface area (Å²) < 4.78 is 12.7. The number of Topliss-reactive ketones (excluding diaryl/α,β-unsaturated/α-hetero) is 1. The maximum absolute atomic E-state index is 12.7. The fraction of sp³-hybridized carbons (Fsp3) is 0.611. The molecule has 116 valence electrons. The Labute approximate surface area is 130 Å². The van der Waals surface area contributed by atoms with Crippen molar-refractivity contribution in [1.29, 1.82) is 0 Å². The zero-order chi connectivity index (χ0) is 15.4. The van der Waals surface area contributed by atoms with Crippen molar-refractivity contribution in [1.82, 2.24) is 0 Å². The van der Waals surface area contributed by atoms with Crippen LogP contribution in [0, 0.1) is 5.92 Å². The van der Waals surface area contributed by atoms with Crippen molar-refractivity contribution >= 4 is 16.6 Å². The molecule has 0 N–H and O–H groups in total. The molecule has 1 aromatic rings. The number of benzene rings is 1. The molecule has 0 bridgehead atoms. The van der Waals surface area contributed by atoms with Crippen molar-refractivity contribution in [3.8, 4) is 0 Å². The molecular formula is C18H26O2S. The minimum atomic E-state index is -1.06. The van der Waals surface area contributed by atoms with E-state index in [1.54, 1.807) is 0 Å². The van der Waals surface area contributed by atoms with Crippen LogP contribution in [0.1, 0.15) is 62.4 Å². The molecule has 1 aliphatic carbocycles. The van der Waals surface area contributed by atoms with Gasteiger partial charge in [0.05, 0.1) is 5.25 Å². The Kier molecular flexibility index (Phi) is 5.74. The highest BCUT2D eigenvalue weighted by Gasteiger charge is 2.30. The molecule has 0 radical (unpaired) electrons. The normalized spacial score (nSPS) is 25.3. The molecule has 0 saturated heterocycles. The van der Waals surface area contributed by atoms with E-state index in [0.29, 0.717) is 11.5 Å². The molecule has 1 saturated carbocycles. The SMILES string of the molecule is CCc1ccc(C(=O)C(C)S(=O)C2CCCC(C)C2)cc1. The molecule has 21 heavy (non-hydrogen) atoms. The summed E-state index contributed by atoms with van der Waals surface area (Å²) in [7, 11) is -1.06. The predicted molar refractivity (Wildman–Crippen MR) is 89.2 cm³/mol. The second kappa shape index (κ2) is 7.35. The van der Waals surface area contributed by atoms with E-state index in [2.05, 4.69) is 13.8 Å². The third kappa shape index (κ3) is 4.03. The molecule has 0 spiro atoms. The highest BCUT2D eigenvalue weighted by atomic mass is 32.2. The van der Waals surface area contributed by atoms with E-state index in [0.717, 1.165) is 25.7 Å². The molecule has 3 heteroatoms. The number of carbonyl (C=O) groups is 1. The lowest BCUT2D eigenvalue weighted by Gasteiger charge is -2.27. The van der Waals surface area contributed by atoms with Crippen LogP contribution in [-0.2, 0) is 17.2 Å². The van der Waals surface area contributed by atoms with Gasteiger partial charge in [-0.15, -0.1) is 0 Å². The van der Waals surface area contributed by atoms with Crippen LogP contribution >= 0.6 is 0 Å². The Hall–Kier alpha value is -0.960. The largest absolute Gasteiger partial charge is 0.293 e. The van der Waals surface area contributed by atoms with Crippen molar-refractivity contribution in [3.63, 3.8) is 0 Å². The molecule has 4 atom stereocenters. The number of ketones is 1. The summed E-state index contributed by atoms with van der Waals surface area (Å²) in [5.74, 6) is 0.660. The monoisotopic (exact) mass is 306 g/mol. The average molecular weight is 306 g/mol.